The van der Waals surface area contributed by atoms with Gasteiger partial charge in [0.2, 0.25) is 0 Å². The smallest absolute Gasteiger partial charge is 0.333 e. The molecule has 0 bridgehead atoms. The lowest BCUT2D eigenvalue weighted by Gasteiger charge is -2.19. The number of carbonyl (C=O) groups excluding carboxylic acids is 1. The van der Waals surface area contributed by atoms with Crippen molar-refractivity contribution in [2.75, 3.05) is 0 Å². The first-order chi connectivity index (χ1) is 6.60. The van der Waals surface area contributed by atoms with Crippen LogP contribution in [0.25, 0.3) is 0 Å². The molecule has 1 aromatic rings. The quantitative estimate of drug-likeness (QED) is 0.678. The maximum absolute atomic E-state index is 10.8. The first kappa shape index (κ1) is 8.97. The van der Waals surface area contributed by atoms with Crippen molar-refractivity contribution in [3.05, 3.63) is 47.5 Å². The van der Waals surface area contributed by atoms with Gasteiger partial charge in [0.25, 0.3) is 5.79 Å². The minimum Gasteiger partial charge on any atom is -0.422 e. The summed E-state index contributed by atoms with van der Waals surface area (Å²) in [7, 11) is 0. The monoisotopic (exact) mass is 190 g/mol. The number of aliphatic hydroxyl groups is 1. The Kier molecular flexibility index (Phi) is 1.89. The molecule has 0 spiro atoms. The van der Waals surface area contributed by atoms with Crippen LogP contribution < -0.4 is 0 Å². The van der Waals surface area contributed by atoms with Gasteiger partial charge in [0.15, 0.2) is 0 Å². The molecule has 72 valence electrons. The predicted molar refractivity (Wildman–Crippen MR) is 50.3 cm³/mol. The minimum absolute atomic E-state index is 0.520. The molecule has 1 atom stereocenters. The number of hydrogen-bond donors (Lipinski definition) is 1. The maximum atomic E-state index is 10.8. The van der Waals surface area contributed by atoms with Gasteiger partial charge < -0.3 is 9.84 Å². The molecule has 1 aromatic carbocycles. The third kappa shape index (κ3) is 1.42. The zero-order valence-electron chi connectivity index (χ0n) is 7.73. The number of benzene rings is 1. The molecule has 0 aromatic heterocycles. The number of cyclic esters (lactones) is 1. The van der Waals surface area contributed by atoms with Gasteiger partial charge in [-0.2, -0.15) is 0 Å². The molecule has 1 aliphatic rings. The summed E-state index contributed by atoms with van der Waals surface area (Å²) in [5, 5.41) is 9.89. The van der Waals surface area contributed by atoms with Gasteiger partial charge in [-0.05, 0) is 13.0 Å². The van der Waals surface area contributed by atoms with E-state index in [9.17, 15) is 9.90 Å². The summed E-state index contributed by atoms with van der Waals surface area (Å²) in [6.45, 7) is 1.95. The summed E-state index contributed by atoms with van der Waals surface area (Å²) in [6, 6.07) is 7.18. The van der Waals surface area contributed by atoms with Crippen LogP contribution in [-0.2, 0) is 15.3 Å². The molecular weight excluding hydrogens is 180 g/mol. The van der Waals surface area contributed by atoms with Crippen LogP contribution >= 0.6 is 0 Å². The summed E-state index contributed by atoms with van der Waals surface area (Å²) in [5.74, 6) is -2.10. The first-order valence-electron chi connectivity index (χ1n) is 4.32. The van der Waals surface area contributed by atoms with Crippen LogP contribution in [0.4, 0.5) is 0 Å². The van der Waals surface area contributed by atoms with Crippen LogP contribution in [0.1, 0.15) is 11.1 Å². The lowest BCUT2D eigenvalue weighted by atomic mass is 10.0. The molecule has 1 N–H and O–H groups in total. The van der Waals surface area contributed by atoms with Crippen molar-refractivity contribution in [1.29, 1.82) is 0 Å². The van der Waals surface area contributed by atoms with Crippen LogP contribution in [0.2, 0.25) is 0 Å². The highest BCUT2D eigenvalue weighted by Crippen LogP contribution is 2.28. The number of esters is 1. The Bertz CT molecular complexity index is 391. The van der Waals surface area contributed by atoms with E-state index in [-0.39, 0.29) is 0 Å². The molecule has 0 fully saturated rings. The van der Waals surface area contributed by atoms with Gasteiger partial charge >= 0.3 is 5.97 Å². The second kappa shape index (κ2) is 2.96. The van der Waals surface area contributed by atoms with Crippen molar-refractivity contribution in [3.8, 4) is 0 Å². The zero-order valence-corrected chi connectivity index (χ0v) is 7.73. The topological polar surface area (TPSA) is 46.5 Å². The van der Waals surface area contributed by atoms with Gasteiger partial charge in [-0.1, -0.05) is 29.8 Å². The van der Waals surface area contributed by atoms with E-state index in [0.29, 0.717) is 5.56 Å². The third-order valence-corrected chi connectivity index (χ3v) is 2.17. The number of ether oxygens (including phenoxy) is 1. The number of carbonyl (C=O) groups is 1. The van der Waals surface area contributed by atoms with Crippen molar-refractivity contribution >= 4 is 5.97 Å². The summed E-state index contributed by atoms with van der Waals surface area (Å²) < 4.78 is 4.78. The van der Waals surface area contributed by atoms with Gasteiger partial charge in [0, 0.05) is 11.6 Å². The minimum atomic E-state index is -1.58. The van der Waals surface area contributed by atoms with Crippen molar-refractivity contribution in [2.24, 2.45) is 0 Å². The predicted octanol–water partition coefficient (Wildman–Crippen LogP) is 1.25. The van der Waals surface area contributed by atoms with E-state index in [1.54, 1.807) is 12.1 Å². The van der Waals surface area contributed by atoms with Gasteiger partial charge in [0.05, 0.1) is 0 Å². The molecule has 0 saturated heterocycles. The molecule has 14 heavy (non-hydrogen) atoms. The lowest BCUT2D eigenvalue weighted by Crippen LogP contribution is -2.24. The molecule has 0 amide bonds. The lowest BCUT2D eigenvalue weighted by molar-refractivity contribution is -0.181. The summed E-state index contributed by atoms with van der Waals surface area (Å²) >= 11 is 0. The molecule has 1 heterocycles. The van der Waals surface area contributed by atoms with Crippen molar-refractivity contribution in [1.82, 2.24) is 0 Å². The highest BCUT2D eigenvalue weighted by molar-refractivity contribution is 5.85. The SMILES string of the molecule is Cc1ccc(C2(O)C=CC(=O)O2)cc1. The van der Waals surface area contributed by atoms with Gasteiger partial charge in [0.1, 0.15) is 0 Å². The van der Waals surface area contributed by atoms with Crippen LogP contribution in [-0.4, -0.2) is 11.1 Å². The third-order valence-electron chi connectivity index (χ3n) is 2.17. The largest absolute Gasteiger partial charge is 0.422 e. The highest BCUT2D eigenvalue weighted by atomic mass is 16.7. The Hall–Kier alpha value is -1.61. The summed E-state index contributed by atoms with van der Waals surface area (Å²) in [6.07, 6.45) is 2.57. The molecule has 0 radical (unpaired) electrons. The van der Waals surface area contributed by atoms with E-state index >= 15 is 0 Å². The van der Waals surface area contributed by atoms with E-state index in [4.69, 9.17) is 4.74 Å². The van der Waals surface area contributed by atoms with Gasteiger partial charge in [-0.15, -0.1) is 0 Å². The van der Waals surface area contributed by atoms with Gasteiger partial charge in [-0.3, -0.25) is 0 Å². The molecular formula is C11H10O3. The van der Waals surface area contributed by atoms with Crippen molar-refractivity contribution in [3.63, 3.8) is 0 Å². The Balaban J connectivity index is 2.36. The number of aryl methyl sites for hydroxylation is 1. The molecule has 1 unspecified atom stereocenters. The summed E-state index contributed by atoms with van der Waals surface area (Å²) in [4.78, 5) is 10.8. The van der Waals surface area contributed by atoms with Crippen LogP contribution in [0.5, 0.6) is 0 Å². The van der Waals surface area contributed by atoms with Gasteiger partial charge in [-0.25, -0.2) is 4.79 Å². The molecule has 1 aliphatic heterocycles. The fraction of sp³-hybridized carbons (Fsp3) is 0.182. The van der Waals surface area contributed by atoms with E-state index in [0.717, 1.165) is 5.56 Å². The van der Waals surface area contributed by atoms with Crippen molar-refractivity contribution in [2.45, 2.75) is 12.7 Å². The van der Waals surface area contributed by atoms with E-state index in [1.165, 1.54) is 12.2 Å². The fourth-order valence-corrected chi connectivity index (χ4v) is 1.35. The van der Waals surface area contributed by atoms with E-state index in [2.05, 4.69) is 0 Å². The molecule has 0 aliphatic carbocycles. The van der Waals surface area contributed by atoms with Crippen molar-refractivity contribution < 1.29 is 14.6 Å². The molecule has 2 rings (SSSR count). The van der Waals surface area contributed by atoms with E-state index < -0.39 is 11.8 Å². The van der Waals surface area contributed by atoms with E-state index in [1.807, 2.05) is 19.1 Å². The standard InChI is InChI=1S/C11H10O3/c1-8-2-4-9(5-3-8)11(13)7-6-10(12)14-11/h2-7,13H,1H3. The zero-order chi connectivity index (χ0) is 10.2. The van der Waals surface area contributed by atoms with Crippen LogP contribution in [0, 0.1) is 6.92 Å². The average molecular weight is 190 g/mol. The van der Waals surface area contributed by atoms with Crippen LogP contribution in [0.15, 0.2) is 36.4 Å². The number of hydrogen-bond acceptors (Lipinski definition) is 3. The second-order valence-electron chi connectivity index (χ2n) is 3.32. The molecule has 3 nitrogen and oxygen atoms in total. The Labute approximate surface area is 81.6 Å². The summed E-state index contributed by atoms with van der Waals surface area (Å²) in [5.41, 5.74) is 1.65. The number of rotatable bonds is 1. The average Bonchev–Trinajstić information content (AvgIpc) is 2.48. The Morgan fingerprint density at radius 1 is 1.29 bits per heavy atom. The highest BCUT2D eigenvalue weighted by Gasteiger charge is 2.34. The normalized spacial score (nSPS) is 25.1. The Morgan fingerprint density at radius 2 is 1.93 bits per heavy atom. The Morgan fingerprint density at radius 3 is 2.43 bits per heavy atom. The maximum Gasteiger partial charge on any atom is 0.333 e. The second-order valence-corrected chi connectivity index (χ2v) is 3.32. The first-order valence-corrected chi connectivity index (χ1v) is 4.32. The molecule has 3 heteroatoms. The van der Waals surface area contributed by atoms with Crippen LogP contribution in [0.3, 0.4) is 0 Å². The fourth-order valence-electron chi connectivity index (χ4n) is 1.35. The molecule has 0 saturated carbocycles.